The first-order valence-electron chi connectivity index (χ1n) is 11.5. The van der Waals surface area contributed by atoms with E-state index in [1.165, 1.54) is 0 Å². The van der Waals surface area contributed by atoms with Crippen molar-refractivity contribution in [2.45, 2.75) is 24.7 Å². The molecule has 2 amide bonds. The summed E-state index contributed by atoms with van der Waals surface area (Å²) in [5.74, 6) is 1.01. The van der Waals surface area contributed by atoms with Crippen LogP contribution < -0.4 is 19.5 Å². The summed E-state index contributed by atoms with van der Waals surface area (Å²) in [6.07, 6.45) is 4.24. The highest BCUT2D eigenvalue weighted by molar-refractivity contribution is 5.93. The minimum atomic E-state index is -0.726. The largest absolute Gasteiger partial charge is 0.497 e. The highest BCUT2D eigenvalue weighted by Crippen LogP contribution is 2.52. The van der Waals surface area contributed by atoms with Crippen LogP contribution in [0, 0.1) is 11.8 Å². The van der Waals surface area contributed by atoms with Crippen LogP contribution in [0.1, 0.15) is 11.1 Å². The van der Waals surface area contributed by atoms with Crippen molar-refractivity contribution in [2.24, 2.45) is 11.8 Å². The van der Waals surface area contributed by atoms with E-state index >= 15 is 0 Å². The zero-order valence-electron chi connectivity index (χ0n) is 18.9. The molecule has 8 nitrogen and oxygen atoms in total. The Kier molecular flexibility index (Phi) is 4.99. The van der Waals surface area contributed by atoms with E-state index < -0.39 is 17.4 Å². The van der Waals surface area contributed by atoms with Crippen molar-refractivity contribution in [1.82, 2.24) is 10.2 Å². The maximum atomic E-state index is 13.4. The summed E-state index contributed by atoms with van der Waals surface area (Å²) >= 11 is 0. The van der Waals surface area contributed by atoms with Crippen molar-refractivity contribution < 1.29 is 28.5 Å². The van der Waals surface area contributed by atoms with Crippen LogP contribution in [0.3, 0.4) is 0 Å². The van der Waals surface area contributed by atoms with E-state index in [1.54, 1.807) is 12.0 Å². The number of carbonyl (C=O) groups is 2. The second kappa shape index (κ2) is 8.06. The molecule has 4 heterocycles. The monoisotopic (exact) mass is 462 g/mol. The standard InChI is InChI=1S/C26H26N2O6/c1-31-18-5-2-16(3-6-18)9-11-27-24(29)22-20-8-10-26(34-20)14-28(25(30)23(22)26)13-17-4-7-19-21(12-17)33-15-32-19/h2-8,10,12,20,22-23H,9,11,13-15H2,1H3,(H,27,29)/t20-,22-,23-,26+/m1/s1. The molecule has 2 aromatic rings. The van der Waals surface area contributed by atoms with Crippen LogP contribution in [0.4, 0.5) is 0 Å². The van der Waals surface area contributed by atoms with Crippen LogP contribution in [0.2, 0.25) is 0 Å². The zero-order chi connectivity index (χ0) is 23.3. The van der Waals surface area contributed by atoms with Gasteiger partial charge in [-0.3, -0.25) is 9.59 Å². The summed E-state index contributed by atoms with van der Waals surface area (Å²) in [7, 11) is 1.63. The lowest BCUT2D eigenvalue weighted by Crippen LogP contribution is -2.44. The van der Waals surface area contributed by atoms with Gasteiger partial charge in [0.05, 0.1) is 31.6 Å². The van der Waals surface area contributed by atoms with E-state index in [9.17, 15) is 9.59 Å². The first kappa shape index (κ1) is 21.0. The molecule has 176 valence electrons. The summed E-state index contributed by atoms with van der Waals surface area (Å²) in [4.78, 5) is 28.4. The molecule has 1 spiro atoms. The van der Waals surface area contributed by atoms with Gasteiger partial charge < -0.3 is 29.2 Å². The number of hydrogen-bond acceptors (Lipinski definition) is 6. The lowest BCUT2D eigenvalue weighted by molar-refractivity contribution is -0.137. The third-order valence-corrected chi connectivity index (χ3v) is 7.16. The molecule has 2 aromatic carbocycles. The summed E-state index contributed by atoms with van der Waals surface area (Å²) < 4.78 is 22.2. The Morgan fingerprint density at radius 1 is 1.15 bits per heavy atom. The second-order valence-corrected chi connectivity index (χ2v) is 9.17. The number of ether oxygens (including phenoxy) is 4. The molecule has 4 atom stereocenters. The minimum absolute atomic E-state index is 0.0418. The van der Waals surface area contributed by atoms with Crippen molar-refractivity contribution in [3.63, 3.8) is 0 Å². The van der Waals surface area contributed by atoms with Gasteiger partial charge in [0.15, 0.2) is 11.5 Å². The molecule has 0 unspecified atom stereocenters. The average Bonchev–Trinajstić information content (AvgIpc) is 3.61. The van der Waals surface area contributed by atoms with Crippen molar-refractivity contribution in [3.05, 3.63) is 65.7 Å². The van der Waals surface area contributed by atoms with Gasteiger partial charge in [-0.2, -0.15) is 0 Å². The van der Waals surface area contributed by atoms with E-state index in [0.29, 0.717) is 37.6 Å². The van der Waals surface area contributed by atoms with E-state index in [2.05, 4.69) is 5.32 Å². The normalized spacial score (nSPS) is 27.9. The summed E-state index contributed by atoms with van der Waals surface area (Å²) in [6, 6.07) is 13.5. The molecule has 4 aliphatic rings. The van der Waals surface area contributed by atoms with Crippen molar-refractivity contribution in [3.8, 4) is 17.2 Å². The number of likely N-dealkylation sites (tertiary alicyclic amines) is 1. The van der Waals surface area contributed by atoms with Gasteiger partial charge in [-0.25, -0.2) is 0 Å². The van der Waals surface area contributed by atoms with Crippen LogP contribution in [-0.4, -0.2) is 55.4 Å². The van der Waals surface area contributed by atoms with Gasteiger partial charge >= 0.3 is 0 Å². The molecule has 2 fully saturated rings. The molecular formula is C26H26N2O6. The summed E-state index contributed by atoms with van der Waals surface area (Å²) in [6.45, 7) is 1.57. The molecule has 8 heteroatoms. The van der Waals surface area contributed by atoms with E-state index in [4.69, 9.17) is 18.9 Å². The molecule has 0 radical (unpaired) electrons. The highest BCUT2D eigenvalue weighted by atomic mass is 16.7. The Balaban J connectivity index is 1.12. The number of carbonyl (C=O) groups excluding carboxylic acids is 2. The molecule has 1 N–H and O–H groups in total. The van der Waals surface area contributed by atoms with Crippen molar-refractivity contribution in [1.29, 1.82) is 0 Å². The quantitative estimate of drug-likeness (QED) is 0.634. The SMILES string of the molecule is COc1ccc(CCNC(=O)[C@@H]2[C@H]3C=C[C@@]4(CN(Cc5ccc6c(c5)OCO6)C(=O)[C@@H]24)O3)cc1. The number of rotatable bonds is 7. The van der Waals surface area contributed by atoms with Gasteiger partial charge in [0.2, 0.25) is 18.6 Å². The third kappa shape index (κ3) is 3.40. The maximum absolute atomic E-state index is 13.4. The number of hydrogen-bond donors (Lipinski definition) is 1. The minimum Gasteiger partial charge on any atom is -0.497 e. The molecular weight excluding hydrogens is 436 g/mol. The van der Waals surface area contributed by atoms with Crippen LogP contribution >= 0.6 is 0 Å². The Morgan fingerprint density at radius 2 is 1.94 bits per heavy atom. The predicted molar refractivity (Wildman–Crippen MR) is 121 cm³/mol. The topological polar surface area (TPSA) is 86.3 Å². The molecule has 0 aromatic heterocycles. The van der Waals surface area contributed by atoms with Gasteiger partial charge in [0.25, 0.3) is 0 Å². The fourth-order valence-corrected chi connectivity index (χ4v) is 5.51. The molecule has 34 heavy (non-hydrogen) atoms. The predicted octanol–water partition coefficient (Wildman–Crippen LogP) is 2.06. The van der Waals surface area contributed by atoms with Crippen molar-refractivity contribution >= 4 is 11.8 Å². The molecule has 6 rings (SSSR count). The number of nitrogens with zero attached hydrogens (tertiary/aromatic N) is 1. The lowest BCUT2D eigenvalue weighted by atomic mass is 9.77. The fraction of sp³-hybridized carbons (Fsp3) is 0.385. The van der Waals surface area contributed by atoms with E-state index in [-0.39, 0.29) is 24.7 Å². The molecule has 0 saturated carbocycles. The summed E-state index contributed by atoms with van der Waals surface area (Å²) in [5.41, 5.74) is 1.33. The van der Waals surface area contributed by atoms with Gasteiger partial charge in [0.1, 0.15) is 11.4 Å². The average molecular weight is 463 g/mol. The van der Waals surface area contributed by atoms with Crippen LogP contribution in [0.25, 0.3) is 0 Å². The Morgan fingerprint density at radius 3 is 2.76 bits per heavy atom. The number of methoxy groups -OCH3 is 1. The van der Waals surface area contributed by atoms with Crippen LogP contribution in [-0.2, 0) is 27.3 Å². The lowest BCUT2D eigenvalue weighted by Gasteiger charge is -2.23. The van der Waals surface area contributed by atoms with Crippen molar-refractivity contribution in [2.75, 3.05) is 27.0 Å². The molecule has 0 aliphatic carbocycles. The zero-order valence-corrected chi connectivity index (χ0v) is 18.9. The summed E-state index contributed by atoms with van der Waals surface area (Å²) in [5, 5.41) is 3.02. The van der Waals surface area contributed by atoms with E-state index in [1.807, 2.05) is 54.6 Å². The van der Waals surface area contributed by atoms with Crippen LogP contribution in [0.15, 0.2) is 54.6 Å². The van der Waals surface area contributed by atoms with Gasteiger partial charge in [0, 0.05) is 13.1 Å². The Labute approximate surface area is 197 Å². The fourth-order valence-electron chi connectivity index (χ4n) is 5.51. The second-order valence-electron chi connectivity index (χ2n) is 9.17. The Hall–Kier alpha value is -3.52. The van der Waals surface area contributed by atoms with Gasteiger partial charge in [-0.1, -0.05) is 30.4 Å². The first-order valence-corrected chi connectivity index (χ1v) is 11.5. The molecule has 2 bridgehead atoms. The number of benzene rings is 2. The smallest absolute Gasteiger partial charge is 0.231 e. The third-order valence-electron chi connectivity index (χ3n) is 7.16. The number of nitrogens with one attached hydrogen (secondary N) is 1. The number of fused-ring (bicyclic) bond motifs is 2. The first-order chi connectivity index (χ1) is 16.6. The van der Waals surface area contributed by atoms with Crippen LogP contribution in [0.5, 0.6) is 17.2 Å². The Bertz CT molecular complexity index is 1160. The molecule has 4 aliphatic heterocycles. The maximum Gasteiger partial charge on any atom is 0.231 e. The highest BCUT2D eigenvalue weighted by Gasteiger charge is 2.66. The van der Waals surface area contributed by atoms with E-state index in [0.717, 1.165) is 16.9 Å². The molecule has 2 saturated heterocycles. The van der Waals surface area contributed by atoms with Gasteiger partial charge in [-0.05, 0) is 41.8 Å². The van der Waals surface area contributed by atoms with Gasteiger partial charge in [-0.15, -0.1) is 0 Å². The number of amides is 2.